The Morgan fingerprint density at radius 2 is 1.65 bits per heavy atom. The Labute approximate surface area is 186 Å². The van der Waals surface area contributed by atoms with Crippen molar-refractivity contribution in [3.8, 4) is 5.75 Å². The molecule has 0 spiro atoms. The Morgan fingerprint density at radius 1 is 1.00 bits per heavy atom. The van der Waals surface area contributed by atoms with E-state index in [1.165, 1.54) is 5.56 Å². The fourth-order valence-corrected chi connectivity index (χ4v) is 3.92. The van der Waals surface area contributed by atoms with Crippen LogP contribution in [0.15, 0.2) is 54.6 Å². The number of amides is 2. The summed E-state index contributed by atoms with van der Waals surface area (Å²) in [6.07, 6.45) is 2.39. The molecule has 0 radical (unpaired) electrons. The van der Waals surface area contributed by atoms with Gasteiger partial charge in [-0.3, -0.25) is 9.59 Å². The first-order chi connectivity index (χ1) is 14.8. The highest BCUT2D eigenvalue weighted by Gasteiger charge is 2.33. The molecule has 2 aromatic carbocycles. The van der Waals surface area contributed by atoms with Crippen LogP contribution >= 0.6 is 0 Å². The zero-order valence-electron chi connectivity index (χ0n) is 19.1. The molecule has 2 aromatic rings. The summed E-state index contributed by atoms with van der Waals surface area (Å²) >= 11 is 0. The molecular formula is C26H34N2O3. The molecule has 5 nitrogen and oxygen atoms in total. The number of carbonyl (C=O) groups is 2. The van der Waals surface area contributed by atoms with Crippen molar-refractivity contribution in [2.45, 2.75) is 46.1 Å². The Hall–Kier alpha value is -2.82. The largest absolute Gasteiger partial charge is 0.491 e. The molecule has 1 aliphatic heterocycles. The molecule has 0 aromatic heterocycles. The number of rotatable bonds is 2. The van der Waals surface area contributed by atoms with E-state index < -0.39 is 5.41 Å². The lowest BCUT2D eigenvalue weighted by Gasteiger charge is -2.37. The minimum Gasteiger partial charge on any atom is -0.491 e. The maximum atomic E-state index is 13.4. The van der Waals surface area contributed by atoms with E-state index >= 15 is 0 Å². The number of nitrogens with zero attached hydrogens (tertiary/aromatic N) is 2. The van der Waals surface area contributed by atoms with Crippen LogP contribution in [0.25, 0.3) is 0 Å². The predicted molar refractivity (Wildman–Crippen MR) is 123 cm³/mol. The van der Waals surface area contributed by atoms with E-state index in [2.05, 4.69) is 12.1 Å². The third-order valence-corrected chi connectivity index (χ3v) is 5.70. The first kappa shape index (κ1) is 22.9. The van der Waals surface area contributed by atoms with Gasteiger partial charge in [-0.2, -0.15) is 0 Å². The van der Waals surface area contributed by atoms with E-state index in [-0.39, 0.29) is 17.9 Å². The summed E-state index contributed by atoms with van der Waals surface area (Å²) in [7, 11) is 1.82. The van der Waals surface area contributed by atoms with Crippen molar-refractivity contribution in [2.75, 3.05) is 26.7 Å². The second kappa shape index (κ2) is 9.99. The minimum absolute atomic E-state index is 0.0293. The Morgan fingerprint density at radius 3 is 2.35 bits per heavy atom. The van der Waals surface area contributed by atoms with Crippen LogP contribution in [0.5, 0.6) is 5.75 Å². The normalized spacial score (nSPS) is 18.5. The molecule has 166 valence electrons. The van der Waals surface area contributed by atoms with Gasteiger partial charge in [-0.05, 0) is 37.0 Å². The number of hydrogen-bond acceptors (Lipinski definition) is 3. The molecule has 0 bridgehead atoms. The topological polar surface area (TPSA) is 49.9 Å². The van der Waals surface area contributed by atoms with Crippen molar-refractivity contribution >= 4 is 11.8 Å². The molecule has 0 N–H and O–H groups in total. The van der Waals surface area contributed by atoms with E-state index in [1.807, 2.05) is 75.2 Å². The zero-order valence-corrected chi connectivity index (χ0v) is 19.1. The van der Waals surface area contributed by atoms with E-state index in [0.29, 0.717) is 37.4 Å². The van der Waals surface area contributed by atoms with E-state index in [0.717, 1.165) is 12.8 Å². The third-order valence-electron chi connectivity index (χ3n) is 5.70. The minimum atomic E-state index is -0.476. The van der Waals surface area contributed by atoms with Gasteiger partial charge in [0.2, 0.25) is 5.91 Å². The van der Waals surface area contributed by atoms with Crippen molar-refractivity contribution in [3.63, 3.8) is 0 Å². The second-order valence-corrected chi connectivity index (χ2v) is 9.33. The number of hydrogen-bond donors (Lipinski definition) is 0. The molecule has 31 heavy (non-hydrogen) atoms. The summed E-state index contributed by atoms with van der Waals surface area (Å²) < 4.78 is 6.22. The highest BCUT2D eigenvalue weighted by atomic mass is 16.5. The zero-order chi connectivity index (χ0) is 22.4. The predicted octanol–water partition coefficient (Wildman–Crippen LogP) is 4.42. The molecule has 3 rings (SSSR count). The van der Waals surface area contributed by atoms with Gasteiger partial charge < -0.3 is 14.5 Å². The van der Waals surface area contributed by atoms with Crippen molar-refractivity contribution in [1.29, 1.82) is 0 Å². The van der Waals surface area contributed by atoms with Gasteiger partial charge in [-0.1, -0.05) is 63.2 Å². The molecule has 0 saturated heterocycles. The van der Waals surface area contributed by atoms with Crippen LogP contribution in [0.3, 0.4) is 0 Å². The fraction of sp³-hybridized carbons (Fsp3) is 0.462. The first-order valence-electron chi connectivity index (χ1n) is 11.1. The van der Waals surface area contributed by atoms with Crippen LogP contribution in [-0.4, -0.2) is 54.4 Å². The summed E-state index contributed by atoms with van der Waals surface area (Å²) in [5.41, 5.74) is 1.26. The molecule has 1 heterocycles. The molecule has 5 heteroatoms. The van der Waals surface area contributed by atoms with Gasteiger partial charge in [0.15, 0.2) is 0 Å². The number of carbonyl (C=O) groups excluding carboxylic acids is 2. The summed E-state index contributed by atoms with van der Waals surface area (Å²) in [4.78, 5) is 30.1. The van der Waals surface area contributed by atoms with Crippen LogP contribution in [0.2, 0.25) is 0 Å². The SMILES string of the molecule is CN1CCCCN(C(=O)C(C)(C)C)[C@@H](Cc2ccccc2)COc2ccccc2C1=O. The van der Waals surface area contributed by atoms with E-state index in [9.17, 15) is 9.59 Å². The molecule has 0 fully saturated rings. The molecule has 1 atom stereocenters. The highest BCUT2D eigenvalue weighted by molar-refractivity contribution is 5.96. The molecule has 2 amide bonds. The van der Waals surface area contributed by atoms with Gasteiger partial charge in [-0.25, -0.2) is 0 Å². The van der Waals surface area contributed by atoms with Gasteiger partial charge in [0.1, 0.15) is 12.4 Å². The fourth-order valence-electron chi connectivity index (χ4n) is 3.92. The standard InChI is InChI=1S/C26H34N2O3/c1-26(2,3)25(30)28-17-11-10-16-27(4)24(29)22-14-8-9-15-23(22)31-19-21(28)18-20-12-6-5-7-13-20/h5-9,12-15,21H,10-11,16-19H2,1-4H3/t21-/m0/s1. The summed E-state index contributed by atoms with van der Waals surface area (Å²) in [5.74, 6) is 0.673. The summed E-state index contributed by atoms with van der Waals surface area (Å²) in [5, 5.41) is 0. The Bertz CT molecular complexity index is 889. The first-order valence-corrected chi connectivity index (χ1v) is 11.1. The van der Waals surface area contributed by atoms with Gasteiger partial charge in [0.25, 0.3) is 5.91 Å². The van der Waals surface area contributed by atoms with Crippen molar-refractivity contribution in [1.82, 2.24) is 9.80 Å². The number of ether oxygens (including phenoxy) is 1. The van der Waals surface area contributed by atoms with Crippen molar-refractivity contribution in [2.24, 2.45) is 5.41 Å². The van der Waals surface area contributed by atoms with Gasteiger partial charge in [0.05, 0.1) is 11.6 Å². The third kappa shape index (κ3) is 5.87. The van der Waals surface area contributed by atoms with Crippen LogP contribution in [0, 0.1) is 5.41 Å². The molecule has 0 aliphatic carbocycles. The van der Waals surface area contributed by atoms with Crippen LogP contribution in [0.4, 0.5) is 0 Å². The second-order valence-electron chi connectivity index (χ2n) is 9.33. The maximum absolute atomic E-state index is 13.4. The number of fused-ring (bicyclic) bond motifs is 1. The lowest BCUT2D eigenvalue weighted by atomic mass is 9.92. The lowest BCUT2D eigenvalue weighted by molar-refractivity contribution is -0.142. The Balaban J connectivity index is 1.96. The molecule has 1 aliphatic rings. The number of para-hydroxylation sites is 1. The van der Waals surface area contributed by atoms with Crippen LogP contribution in [-0.2, 0) is 11.2 Å². The van der Waals surface area contributed by atoms with Crippen molar-refractivity contribution in [3.05, 3.63) is 65.7 Å². The van der Waals surface area contributed by atoms with E-state index in [4.69, 9.17) is 4.74 Å². The molecule has 0 saturated carbocycles. The average molecular weight is 423 g/mol. The van der Waals surface area contributed by atoms with Gasteiger partial charge in [0, 0.05) is 25.6 Å². The number of benzene rings is 2. The van der Waals surface area contributed by atoms with Gasteiger partial charge in [-0.15, -0.1) is 0 Å². The van der Waals surface area contributed by atoms with Crippen molar-refractivity contribution < 1.29 is 14.3 Å². The van der Waals surface area contributed by atoms with Crippen LogP contribution < -0.4 is 4.74 Å². The maximum Gasteiger partial charge on any atom is 0.257 e. The molecule has 0 unspecified atom stereocenters. The van der Waals surface area contributed by atoms with E-state index in [1.54, 1.807) is 4.90 Å². The smallest absolute Gasteiger partial charge is 0.257 e. The summed E-state index contributed by atoms with van der Waals surface area (Å²) in [6.45, 7) is 7.54. The quantitative estimate of drug-likeness (QED) is 0.720. The van der Waals surface area contributed by atoms with Crippen LogP contribution in [0.1, 0.15) is 49.5 Å². The lowest BCUT2D eigenvalue weighted by Crippen LogP contribution is -2.50. The average Bonchev–Trinajstić information content (AvgIpc) is 2.75. The van der Waals surface area contributed by atoms with Gasteiger partial charge >= 0.3 is 0 Å². The monoisotopic (exact) mass is 422 g/mol. The summed E-state index contributed by atoms with van der Waals surface area (Å²) in [6, 6.07) is 17.5. The molecular weight excluding hydrogens is 388 g/mol. The Kier molecular flexibility index (Phi) is 7.37. The highest BCUT2D eigenvalue weighted by Crippen LogP contribution is 2.25.